The predicted octanol–water partition coefficient (Wildman–Crippen LogP) is 3.24. The zero-order valence-electron chi connectivity index (χ0n) is 19.6. The Morgan fingerprint density at radius 3 is 2.66 bits per heavy atom. The van der Waals surface area contributed by atoms with Crippen LogP contribution in [0.4, 0.5) is 20.4 Å². The predicted molar refractivity (Wildman–Crippen MR) is 135 cm³/mol. The van der Waals surface area contributed by atoms with E-state index in [-0.39, 0.29) is 45.9 Å². The highest BCUT2D eigenvalue weighted by molar-refractivity contribution is 6.32. The summed E-state index contributed by atoms with van der Waals surface area (Å²) in [5.74, 6) is -1.69. The van der Waals surface area contributed by atoms with Crippen LogP contribution < -0.4 is 16.5 Å². The van der Waals surface area contributed by atoms with Crippen LogP contribution in [0.25, 0.3) is 17.2 Å². The molecule has 4 N–H and O–H groups in total. The SMILES string of the molecule is C[C@@]1(c2[nH]ccc(=O)c2Cl)C(=O)Nc2nc(-c3cn4ccnc4c(Cc4cc(F)cc(F)c4)n3)nc(N)c21. The van der Waals surface area contributed by atoms with E-state index >= 15 is 0 Å². The number of pyridine rings is 1. The van der Waals surface area contributed by atoms with Gasteiger partial charge in [0.05, 0.1) is 17.0 Å². The molecule has 1 aliphatic rings. The summed E-state index contributed by atoms with van der Waals surface area (Å²) in [5.41, 5.74) is 6.41. The van der Waals surface area contributed by atoms with Crippen molar-refractivity contribution in [2.45, 2.75) is 18.8 Å². The van der Waals surface area contributed by atoms with Crippen LogP contribution in [-0.4, -0.2) is 35.2 Å². The second kappa shape index (κ2) is 8.42. The van der Waals surface area contributed by atoms with Crippen LogP contribution in [0.15, 0.2) is 53.8 Å². The molecule has 1 aromatic carbocycles. The molecule has 1 atom stereocenters. The number of carbonyl (C=O) groups is 1. The van der Waals surface area contributed by atoms with Crippen LogP contribution in [0.5, 0.6) is 0 Å². The summed E-state index contributed by atoms with van der Waals surface area (Å²) in [4.78, 5) is 46.0. The van der Waals surface area contributed by atoms with E-state index in [9.17, 15) is 18.4 Å². The van der Waals surface area contributed by atoms with E-state index in [1.807, 2.05) is 0 Å². The molecule has 1 amide bonds. The Hall–Kier alpha value is -4.71. The van der Waals surface area contributed by atoms with Crippen LogP contribution in [0, 0.1) is 11.6 Å². The molecule has 0 bridgehead atoms. The van der Waals surface area contributed by atoms with E-state index < -0.39 is 28.4 Å². The highest BCUT2D eigenvalue weighted by Gasteiger charge is 2.49. The molecule has 0 saturated carbocycles. The highest BCUT2D eigenvalue weighted by Crippen LogP contribution is 2.45. The number of hydrogen-bond acceptors (Lipinski definition) is 7. The van der Waals surface area contributed by atoms with Gasteiger partial charge in [-0.05, 0) is 24.6 Å². The number of imidazole rings is 1. The molecule has 0 spiro atoms. The summed E-state index contributed by atoms with van der Waals surface area (Å²) < 4.78 is 29.3. The largest absolute Gasteiger partial charge is 0.383 e. The third-order valence-electron chi connectivity index (χ3n) is 6.49. The first-order chi connectivity index (χ1) is 18.1. The van der Waals surface area contributed by atoms with Crippen molar-refractivity contribution < 1.29 is 13.6 Å². The van der Waals surface area contributed by atoms with Gasteiger partial charge in [0.15, 0.2) is 16.9 Å². The molecule has 38 heavy (non-hydrogen) atoms. The van der Waals surface area contributed by atoms with Gasteiger partial charge in [0.1, 0.15) is 39.4 Å². The maximum absolute atomic E-state index is 13.8. The minimum Gasteiger partial charge on any atom is -0.383 e. The zero-order valence-corrected chi connectivity index (χ0v) is 20.3. The molecule has 0 unspecified atom stereocenters. The topological polar surface area (TPSA) is 144 Å². The van der Waals surface area contributed by atoms with Crippen molar-refractivity contribution in [3.63, 3.8) is 0 Å². The number of H-pyrrole nitrogens is 1. The normalized spacial score (nSPS) is 16.6. The number of hydrogen-bond donors (Lipinski definition) is 3. The Morgan fingerprint density at radius 1 is 1.13 bits per heavy atom. The lowest BCUT2D eigenvalue weighted by Gasteiger charge is -2.23. The van der Waals surface area contributed by atoms with Crippen LogP contribution in [0.1, 0.15) is 29.4 Å². The van der Waals surface area contributed by atoms with E-state index in [1.54, 1.807) is 29.9 Å². The molecule has 5 aromatic rings. The fourth-order valence-electron chi connectivity index (χ4n) is 4.71. The number of benzene rings is 1. The summed E-state index contributed by atoms with van der Waals surface area (Å²) in [7, 11) is 0. The number of fused-ring (bicyclic) bond motifs is 2. The van der Waals surface area contributed by atoms with Crippen molar-refractivity contribution in [2.24, 2.45) is 0 Å². The average Bonchev–Trinajstić information content (AvgIpc) is 3.43. The van der Waals surface area contributed by atoms with E-state index in [2.05, 4.69) is 30.2 Å². The van der Waals surface area contributed by atoms with Crippen LogP contribution in [0.2, 0.25) is 5.02 Å². The quantitative estimate of drug-likeness (QED) is 0.321. The molecule has 13 heteroatoms. The first-order valence-corrected chi connectivity index (χ1v) is 11.7. The Bertz CT molecular complexity index is 1830. The molecule has 4 aromatic heterocycles. The number of amides is 1. The summed E-state index contributed by atoms with van der Waals surface area (Å²) in [6.07, 6.45) is 6.34. The summed E-state index contributed by atoms with van der Waals surface area (Å²) in [6.45, 7) is 1.57. The minimum atomic E-state index is -1.45. The Kier molecular flexibility index (Phi) is 5.24. The van der Waals surface area contributed by atoms with Crippen LogP contribution in [-0.2, 0) is 16.6 Å². The Balaban J connectivity index is 1.48. The first-order valence-electron chi connectivity index (χ1n) is 11.3. The second-order valence-corrected chi connectivity index (χ2v) is 9.33. The molecule has 0 aliphatic carbocycles. The molecular weight excluding hydrogens is 518 g/mol. The fourth-order valence-corrected chi connectivity index (χ4v) is 5.02. The van der Waals surface area contributed by atoms with Gasteiger partial charge in [-0.3, -0.25) is 9.59 Å². The fraction of sp³-hybridized carbons (Fsp3) is 0.120. The number of nitrogens with one attached hydrogen (secondary N) is 2. The van der Waals surface area contributed by atoms with Gasteiger partial charge in [0, 0.05) is 43.3 Å². The standard InChI is InChI=1S/C25H17ClF2N8O2/c1-25(19-18(26)16(37)2-3-30-19)17-20(29)33-21(34-22(17)35-24(25)38)15-10-36-5-4-31-23(36)14(32-15)8-11-6-12(27)9-13(28)7-11/h2-7,9-10H,8H2,1H3,(H,30,37)(H3,29,33,34,35,38)/t25-/m1/s1. The van der Waals surface area contributed by atoms with Gasteiger partial charge in [-0.1, -0.05) is 11.6 Å². The monoisotopic (exact) mass is 534 g/mol. The van der Waals surface area contributed by atoms with Gasteiger partial charge in [0.2, 0.25) is 5.91 Å². The number of nitrogen functional groups attached to an aromatic ring is 1. The van der Waals surface area contributed by atoms with Gasteiger partial charge in [0.25, 0.3) is 0 Å². The molecule has 0 saturated heterocycles. The Labute approximate surface area is 217 Å². The van der Waals surface area contributed by atoms with Crippen molar-refractivity contribution in [1.82, 2.24) is 29.3 Å². The molecule has 5 heterocycles. The summed E-state index contributed by atoms with van der Waals surface area (Å²) in [5, 5.41) is 2.56. The van der Waals surface area contributed by atoms with Gasteiger partial charge in [-0.2, -0.15) is 0 Å². The molecule has 6 rings (SSSR count). The minimum absolute atomic E-state index is 0.0205. The number of anilines is 2. The van der Waals surface area contributed by atoms with Gasteiger partial charge in [-0.25, -0.2) is 28.7 Å². The lowest BCUT2D eigenvalue weighted by molar-refractivity contribution is -0.119. The number of rotatable bonds is 4. The van der Waals surface area contributed by atoms with Gasteiger partial charge < -0.3 is 20.4 Å². The second-order valence-electron chi connectivity index (χ2n) is 8.95. The van der Waals surface area contributed by atoms with E-state index in [0.29, 0.717) is 16.9 Å². The first kappa shape index (κ1) is 23.7. The number of halogens is 3. The average molecular weight is 535 g/mol. The molecule has 0 fully saturated rings. The van der Waals surface area contributed by atoms with Crippen molar-refractivity contribution in [1.29, 1.82) is 0 Å². The van der Waals surface area contributed by atoms with Crippen molar-refractivity contribution in [3.8, 4) is 11.5 Å². The smallest absolute Gasteiger partial charge is 0.242 e. The molecular formula is C25H17ClF2N8O2. The van der Waals surface area contributed by atoms with Crippen molar-refractivity contribution >= 4 is 34.8 Å². The molecule has 190 valence electrons. The summed E-state index contributed by atoms with van der Waals surface area (Å²) in [6, 6.07) is 4.48. The van der Waals surface area contributed by atoms with Crippen LogP contribution in [0.3, 0.4) is 0 Å². The third-order valence-corrected chi connectivity index (χ3v) is 6.86. The number of nitrogens with zero attached hydrogens (tertiary/aromatic N) is 5. The van der Waals surface area contributed by atoms with E-state index in [0.717, 1.165) is 6.07 Å². The Morgan fingerprint density at radius 2 is 1.89 bits per heavy atom. The van der Waals surface area contributed by atoms with Gasteiger partial charge in [-0.15, -0.1) is 0 Å². The molecule has 10 nitrogen and oxygen atoms in total. The molecule has 0 radical (unpaired) electrons. The van der Waals surface area contributed by atoms with E-state index in [4.69, 9.17) is 17.3 Å². The molecule has 1 aliphatic heterocycles. The maximum atomic E-state index is 13.8. The van der Waals surface area contributed by atoms with E-state index in [1.165, 1.54) is 24.4 Å². The van der Waals surface area contributed by atoms with Crippen LogP contribution >= 0.6 is 11.6 Å². The number of aromatic amines is 1. The van der Waals surface area contributed by atoms with Crippen molar-refractivity contribution in [3.05, 3.63) is 98.4 Å². The highest BCUT2D eigenvalue weighted by atomic mass is 35.5. The number of aromatic nitrogens is 6. The van der Waals surface area contributed by atoms with Crippen molar-refractivity contribution in [2.75, 3.05) is 11.1 Å². The zero-order chi connectivity index (χ0) is 26.8. The number of nitrogens with two attached hydrogens (primary N) is 1. The van der Waals surface area contributed by atoms with Gasteiger partial charge >= 0.3 is 0 Å². The maximum Gasteiger partial charge on any atom is 0.242 e. The lowest BCUT2D eigenvalue weighted by atomic mass is 9.80. The third kappa shape index (κ3) is 3.60. The lowest BCUT2D eigenvalue weighted by Crippen LogP contribution is -2.35. The number of carbonyl (C=O) groups excluding carboxylic acids is 1. The summed E-state index contributed by atoms with van der Waals surface area (Å²) >= 11 is 6.25.